The standard InChI is InChI=1S/C20H24N4S.2ClH/c1-4-10-22(11-5-1)12-13-23-17-7-2-3-8-18(17)24-15-16(21-20(23)24)19-9-6-14-25-19;;/h2-3,6-9,14,16H,1,4-5,10-13,15H2;2*1H. The smallest absolute Gasteiger partial charge is 0.206 e. The van der Waals surface area contributed by atoms with Gasteiger partial charge in [-0.2, -0.15) is 0 Å². The highest BCUT2D eigenvalue weighted by molar-refractivity contribution is 7.10. The van der Waals surface area contributed by atoms with Crippen LogP contribution in [-0.4, -0.2) is 43.6 Å². The summed E-state index contributed by atoms with van der Waals surface area (Å²) in [5.41, 5.74) is 2.64. The van der Waals surface area contributed by atoms with Gasteiger partial charge >= 0.3 is 0 Å². The number of guanidine groups is 1. The molecule has 0 saturated carbocycles. The lowest BCUT2D eigenvalue weighted by Gasteiger charge is -2.29. The van der Waals surface area contributed by atoms with Gasteiger partial charge in [-0.1, -0.05) is 24.6 Å². The monoisotopic (exact) mass is 424 g/mol. The maximum atomic E-state index is 5.11. The van der Waals surface area contributed by atoms with E-state index in [-0.39, 0.29) is 30.9 Å². The van der Waals surface area contributed by atoms with Crippen molar-refractivity contribution in [1.29, 1.82) is 0 Å². The molecule has 1 aromatic heterocycles. The fraction of sp³-hybridized carbons (Fsp3) is 0.450. The second-order valence-corrected chi connectivity index (χ2v) is 8.09. The zero-order chi connectivity index (χ0) is 16.6. The third-order valence-electron chi connectivity index (χ3n) is 5.53. The van der Waals surface area contributed by atoms with E-state index in [0.29, 0.717) is 0 Å². The Labute approximate surface area is 177 Å². The normalized spacial score (nSPS) is 21.2. The minimum absolute atomic E-state index is 0. The van der Waals surface area contributed by atoms with Gasteiger partial charge in [0, 0.05) is 18.0 Å². The minimum atomic E-state index is 0. The van der Waals surface area contributed by atoms with Crippen molar-refractivity contribution in [2.45, 2.75) is 25.3 Å². The minimum Gasteiger partial charge on any atom is -0.309 e. The molecule has 2 aromatic rings. The molecule has 0 radical (unpaired) electrons. The number of aliphatic imine (C=N–C) groups is 1. The van der Waals surface area contributed by atoms with Crippen LogP contribution in [0.1, 0.15) is 30.2 Å². The lowest BCUT2D eigenvalue weighted by atomic mass is 10.1. The molecule has 3 aliphatic heterocycles. The predicted molar refractivity (Wildman–Crippen MR) is 120 cm³/mol. The maximum absolute atomic E-state index is 5.11. The molecule has 0 spiro atoms. The van der Waals surface area contributed by atoms with E-state index < -0.39 is 0 Å². The predicted octanol–water partition coefficient (Wildman–Crippen LogP) is 4.81. The molecule has 4 nitrogen and oxygen atoms in total. The molecule has 27 heavy (non-hydrogen) atoms. The van der Waals surface area contributed by atoms with E-state index in [1.54, 1.807) is 0 Å². The summed E-state index contributed by atoms with van der Waals surface area (Å²) in [6.45, 7) is 5.63. The highest BCUT2D eigenvalue weighted by Gasteiger charge is 2.39. The van der Waals surface area contributed by atoms with Gasteiger partial charge in [0.2, 0.25) is 5.96 Å². The van der Waals surface area contributed by atoms with Gasteiger partial charge in [-0.3, -0.25) is 0 Å². The molecule has 7 heteroatoms. The van der Waals surface area contributed by atoms with Crippen LogP contribution in [0.15, 0.2) is 46.8 Å². The molecule has 4 heterocycles. The first-order valence-corrected chi connectivity index (χ1v) is 10.3. The molecule has 146 valence electrons. The molecule has 1 saturated heterocycles. The Bertz CT molecular complexity index is 774. The Hall–Kier alpha value is -1.27. The van der Waals surface area contributed by atoms with Crippen molar-refractivity contribution in [3.8, 4) is 0 Å². The van der Waals surface area contributed by atoms with Crippen molar-refractivity contribution >= 4 is 53.5 Å². The summed E-state index contributed by atoms with van der Waals surface area (Å²) >= 11 is 1.82. The maximum Gasteiger partial charge on any atom is 0.206 e. The fourth-order valence-electron chi connectivity index (χ4n) is 4.23. The van der Waals surface area contributed by atoms with Gasteiger partial charge in [-0.25, -0.2) is 4.99 Å². The molecule has 1 unspecified atom stereocenters. The summed E-state index contributed by atoms with van der Waals surface area (Å²) in [4.78, 5) is 14.0. The van der Waals surface area contributed by atoms with Crippen molar-refractivity contribution in [3.63, 3.8) is 0 Å². The average Bonchev–Trinajstić information content (AvgIpc) is 3.37. The topological polar surface area (TPSA) is 22.1 Å². The third-order valence-corrected chi connectivity index (χ3v) is 6.51. The number of fused-ring (bicyclic) bond motifs is 3. The molecule has 0 N–H and O–H groups in total. The van der Waals surface area contributed by atoms with Crippen LogP contribution in [0.2, 0.25) is 0 Å². The highest BCUT2D eigenvalue weighted by Crippen LogP contribution is 2.42. The SMILES string of the molecule is Cl.Cl.c1csc(C2CN3C(=N2)N(CCN2CCCCC2)c2ccccc23)c1. The van der Waals surface area contributed by atoms with Gasteiger partial charge in [0.25, 0.3) is 0 Å². The van der Waals surface area contributed by atoms with E-state index in [1.165, 1.54) is 48.6 Å². The molecule has 3 aliphatic rings. The van der Waals surface area contributed by atoms with Crippen molar-refractivity contribution in [2.24, 2.45) is 4.99 Å². The first kappa shape index (κ1) is 20.5. The molecule has 1 atom stereocenters. The largest absolute Gasteiger partial charge is 0.309 e. The van der Waals surface area contributed by atoms with Gasteiger partial charge in [-0.15, -0.1) is 36.2 Å². The van der Waals surface area contributed by atoms with Crippen molar-refractivity contribution < 1.29 is 0 Å². The summed E-state index contributed by atoms with van der Waals surface area (Å²) in [6.07, 6.45) is 4.10. The number of piperidine rings is 1. The van der Waals surface area contributed by atoms with Gasteiger partial charge in [0.05, 0.1) is 17.9 Å². The number of benzene rings is 1. The summed E-state index contributed by atoms with van der Waals surface area (Å²) in [5.74, 6) is 1.15. The summed E-state index contributed by atoms with van der Waals surface area (Å²) in [7, 11) is 0. The molecule has 1 fully saturated rings. The van der Waals surface area contributed by atoms with Crippen LogP contribution in [-0.2, 0) is 0 Å². The Kier molecular flexibility index (Phi) is 6.69. The number of rotatable bonds is 4. The van der Waals surface area contributed by atoms with E-state index in [4.69, 9.17) is 4.99 Å². The van der Waals surface area contributed by atoms with Crippen molar-refractivity contribution in [1.82, 2.24) is 4.90 Å². The Morgan fingerprint density at radius 1 is 0.926 bits per heavy atom. The molecule has 1 aromatic carbocycles. The second kappa shape index (κ2) is 8.82. The summed E-state index contributed by atoms with van der Waals surface area (Å²) in [6, 6.07) is 13.4. The van der Waals surface area contributed by atoms with Gasteiger partial charge in [0.15, 0.2) is 0 Å². The van der Waals surface area contributed by atoms with Crippen LogP contribution in [0.4, 0.5) is 11.4 Å². The highest BCUT2D eigenvalue weighted by atomic mass is 35.5. The average molecular weight is 425 g/mol. The van der Waals surface area contributed by atoms with Crippen LogP contribution in [0, 0.1) is 0 Å². The Morgan fingerprint density at radius 3 is 2.44 bits per heavy atom. The van der Waals surface area contributed by atoms with E-state index in [9.17, 15) is 0 Å². The van der Waals surface area contributed by atoms with Crippen LogP contribution >= 0.6 is 36.2 Å². The fourth-order valence-corrected chi connectivity index (χ4v) is 4.99. The van der Waals surface area contributed by atoms with Crippen LogP contribution in [0.3, 0.4) is 0 Å². The molecule has 0 aliphatic carbocycles. The van der Waals surface area contributed by atoms with Gasteiger partial charge < -0.3 is 14.7 Å². The van der Waals surface area contributed by atoms with Crippen molar-refractivity contribution in [3.05, 3.63) is 46.7 Å². The summed E-state index contributed by atoms with van der Waals surface area (Å²) in [5, 5.41) is 2.15. The van der Waals surface area contributed by atoms with Crippen molar-refractivity contribution in [2.75, 3.05) is 42.5 Å². The molecule has 0 bridgehead atoms. The number of likely N-dealkylation sites (tertiary alicyclic amines) is 1. The first-order chi connectivity index (χ1) is 12.4. The van der Waals surface area contributed by atoms with Crippen LogP contribution in [0.5, 0.6) is 0 Å². The molecule has 5 rings (SSSR count). The van der Waals surface area contributed by atoms with Crippen LogP contribution < -0.4 is 9.80 Å². The number of halogens is 2. The number of anilines is 2. The lowest BCUT2D eigenvalue weighted by molar-refractivity contribution is 0.235. The Balaban J connectivity index is 0.00000105. The molecular formula is C20H26Cl2N4S. The number of para-hydroxylation sites is 2. The van der Waals surface area contributed by atoms with Crippen LogP contribution in [0.25, 0.3) is 0 Å². The van der Waals surface area contributed by atoms with E-state index >= 15 is 0 Å². The number of nitrogens with zero attached hydrogens (tertiary/aromatic N) is 4. The van der Waals surface area contributed by atoms with Gasteiger partial charge in [-0.05, 0) is 49.5 Å². The molecule has 0 amide bonds. The lowest BCUT2D eigenvalue weighted by Crippen LogP contribution is -2.42. The zero-order valence-corrected chi connectivity index (χ0v) is 17.7. The third kappa shape index (κ3) is 3.83. The number of hydrogen-bond donors (Lipinski definition) is 0. The first-order valence-electron chi connectivity index (χ1n) is 9.38. The number of thiophene rings is 1. The second-order valence-electron chi connectivity index (χ2n) is 7.11. The zero-order valence-electron chi connectivity index (χ0n) is 15.3. The van der Waals surface area contributed by atoms with E-state index in [1.807, 2.05) is 11.3 Å². The van der Waals surface area contributed by atoms with Gasteiger partial charge in [0.1, 0.15) is 6.04 Å². The quantitative estimate of drug-likeness (QED) is 0.702. The van der Waals surface area contributed by atoms with E-state index in [0.717, 1.165) is 25.6 Å². The van der Waals surface area contributed by atoms with E-state index in [2.05, 4.69) is 56.5 Å². The number of hydrogen-bond acceptors (Lipinski definition) is 5. The Morgan fingerprint density at radius 2 is 1.70 bits per heavy atom. The summed E-state index contributed by atoms with van der Waals surface area (Å²) < 4.78 is 0. The molecular weight excluding hydrogens is 399 g/mol.